The zero-order chi connectivity index (χ0) is 12.9. The Morgan fingerprint density at radius 3 is 2.68 bits per heavy atom. The molecule has 3 heteroatoms. The average Bonchev–Trinajstić information content (AvgIpc) is 3.12. The highest BCUT2D eigenvalue weighted by Gasteiger charge is 2.45. The lowest BCUT2D eigenvalue weighted by Gasteiger charge is -2.26. The topological polar surface area (TPSA) is 32.7 Å². The van der Waals surface area contributed by atoms with E-state index in [-0.39, 0.29) is 11.7 Å². The number of fused-ring (bicyclic) bond motifs is 1. The Labute approximate surface area is 116 Å². The van der Waals surface area contributed by atoms with Crippen LogP contribution in [0, 0.1) is 11.8 Å². The van der Waals surface area contributed by atoms with Crippen LogP contribution in [0.1, 0.15) is 51.4 Å². The number of nitrogens with zero attached hydrogens (tertiary/aromatic N) is 1. The molecule has 1 N–H and O–H groups in total. The van der Waals surface area contributed by atoms with Crippen LogP contribution >= 0.6 is 0 Å². The molecule has 4 rings (SSSR count). The Morgan fingerprint density at radius 1 is 1.05 bits per heavy atom. The van der Waals surface area contributed by atoms with E-state index in [1.807, 2.05) is 0 Å². The molecule has 19 heavy (non-hydrogen) atoms. The molecule has 2 saturated heterocycles. The minimum Gasteiger partial charge on any atom is -0.393 e. The molecular formula is C16H27NO2. The summed E-state index contributed by atoms with van der Waals surface area (Å²) in [4.78, 5) is 2.57. The summed E-state index contributed by atoms with van der Waals surface area (Å²) >= 11 is 0. The third-order valence-corrected chi connectivity index (χ3v) is 6.21. The van der Waals surface area contributed by atoms with Gasteiger partial charge in [0.05, 0.1) is 17.8 Å². The summed E-state index contributed by atoms with van der Waals surface area (Å²) in [7, 11) is 0. The highest BCUT2D eigenvalue weighted by atomic mass is 16.5. The summed E-state index contributed by atoms with van der Waals surface area (Å²) in [5, 5.41) is 9.99. The Balaban J connectivity index is 1.32. The van der Waals surface area contributed by atoms with Gasteiger partial charge in [-0.2, -0.15) is 0 Å². The standard InChI is InChI=1S/C16H27NO2/c18-15-4-3-12-9-17(11-14(12)15)10-13-5-8-16(19-13)6-1-2-7-16/h12-15,18H,1-11H2. The van der Waals surface area contributed by atoms with Gasteiger partial charge < -0.3 is 14.7 Å². The number of aliphatic hydroxyl groups is 1. The van der Waals surface area contributed by atoms with E-state index in [9.17, 15) is 5.11 Å². The number of ether oxygens (including phenoxy) is 1. The van der Waals surface area contributed by atoms with E-state index in [2.05, 4.69) is 4.90 Å². The van der Waals surface area contributed by atoms with Crippen LogP contribution in [0.15, 0.2) is 0 Å². The summed E-state index contributed by atoms with van der Waals surface area (Å²) in [5.41, 5.74) is 0.278. The monoisotopic (exact) mass is 265 g/mol. The molecular weight excluding hydrogens is 238 g/mol. The summed E-state index contributed by atoms with van der Waals surface area (Å²) < 4.78 is 6.42. The summed E-state index contributed by atoms with van der Waals surface area (Å²) in [6.07, 6.45) is 10.6. The van der Waals surface area contributed by atoms with Crippen LogP contribution in [-0.2, 0) is 4.74 Å². The fourth-order valence-electron chi connectivity index (χ4n) is 5.18. The lowest BCUT2D eigenvalue weighted by molar-refractivity contribution is -0.0463. The summed E-state index contributed by atoms with van der Waals surface area (Å²) in [5.74, 6) is 1.32. The fraction of sp³-hybridized carbons (Fsp3) is 1.00. The first kappa shape index (κ1) is 12.6. The van der Waals surface area contributed by atoms with Gasteiger partial charge in [-0.3, -0.25) is 0 Å². The molecule has 1 spiro atoms. The van der Waals surface area contributed by atoms with Crippen molar-refractivity contribution in [2.24, 2.45) is 11.8 Å². The molecule has 2 aliphatic heterocycles. The first-order valence-corrected chi connectivity index (χ1v) is 8.32. The van der Waals surface area contributed by atoms with Gasteiger partial charge in [0.2, 0.25) is 0 Å². The van der Waals surface area contributed by atoms with Crippen LogP contribution in [0.3, 0.4) is 0 Å². The normalized spacial score (nSPS) is 45.3. The maximum absolute atomic E-state index is 9.99. The molecule has 0 amide bonds. The number of likely N-dealkylation sites (tertiary alicyclic amines) is 1. The van der Waals surface area contributed by atoms with Crippen LogP contribution in [0.2, 0.25) is 0 Å². The van der Waals surface area contributed by atoms with Crippen molar-refractivity contribution in [1.29, 1.82) is 0 Å². The van der Waals surface area contributed by atoms with Crippen LogP contribution in [0.5, 0.6) is 0 Å². The quantitative estimate of drug-likeness (QED) is 0.830. The molecule has 0 aromatic carbocycles. The van der Waals surface area contributed by atoms with Gasteiger partial charge in [-0.05, 0) is 44.4 Å². The first-order chi connectivity index (χ1) is 9.24. The van der Waals surface area contributed by atoms with Gasteiger partial charge >= 0.3 is 0 Å². The number of hydrogen-bond donors (Lipinski definition) is 1. The third kappa shape index (κ3) is 2.24. The van der Waals surface area contributed by atoms with E-state index in [1.54, 1.807) is 0 Å². The van der Waals surface area contributed by atoms with E-state index < -0.39 is 0 Å². The number of aliphatic hydroxyl groups excluding tert-OH is 1. The molecule has 0 aromatic rings. The molecule has 4 fully saturated rings. The number of rotatable bonds is 2. The molecule has 108 valence electrons. The summed E-state index contributed by atoms with van der Waals surface area (Å²) in [6.45, 7) is 3.43. The van der Waals surface area contributed by atoms with Gasteiger partial charge in [0.15, 0.2) is 0 Å². The Morgan fingerprint density at radius 2 is 1.89 bits per heavy atom. The highest BCUT2D eigenvalue weighted by Crippen LogP contribution is 2.44. The van der Waals surface area contributed by atoms with Gasteiger partial charge in [-0.25, -0.2) is 0 Å². The zero-order valence-electron chi connectivity index (χ0n) is 11.9. The van der Waals surface area contributed by atoms with Crippen molar-refractivity contribution >= 4 is 0 Å². The van der Waals surface area contributed by atoms with Crippen LogP contribution in [0.4, 0.5) is 0 Å². The predicted molar refractivity (Wildman–Crippen MR) is 74.0 cm³/mol. The largest absolute Gasteiger partial charge is 0.393 e. The Hall–Kier alpha value is -0.120. The molecule has 4 aliphatic rings. The van der Waals surface area contributed by atoms with E-state index >= 15 is 0 Å². The minimum atomic E-state index is -0.0272. The van der Waals surface area contributed by atoms with Gasteiger partial charge in [0.1, 0.15) is 0 Å². The van der Waals surface area contributed by atoms with Gasteiger partial charge in [0.25, 0.3) is 0 Å². The SMILES string of the molecule is OC1CCC2CN(CC3CCC4(CCCC4)O3)CC12. The van der Waals surface area contributed by atoms with Crippen molar-refractivity contribution < 1.29 is 9.84 Å². The molecule has 0 radical (unpaired) electrons. The first-order valence-electron chi connectivity index (χ1n) is 8.32. The van der Waals surface area contributed by atoms with E-state index in [0.29, 0.717) is 12.0 Å². The molecule has 4 unspecified atom stereocenters. The van der Waals surface area contributed by atoms with Crippen molar-refractivity contribution in [3.05, 3.63) is 0 Å². The highest BCUT2D eigenvalue weighted by molar-refractivity contribution is 4.97. The Bertz CT molecular complexity index is 340. The van der Waals surface area contributed by atoms with E-state index in [1.165, 1.54) is 51.5 Å². The molecule has 0 bridgehead atoms. The second-order valence-electron chi connectivity index (χ2n) is 7.46. The van der Waals surface area contributed by atoms with Crippen LogP contribution in [-0.4, -0.2) is 47.4 Å². The fourth-order valence-corrected chi connectivity index (χ4v) is 5.18. The van der Waals surface area contributed by atoms with Crippen molar-refractivity contribution in [3.8, 4) is 0 Å². The van der Waals surface area contributed by atoms with Crippen molar-refractivity contribution in [2.45, 2.75) is 69.2 Å². The average molecular weight is 265 g/mol. The maximum Gasteiger partial charge on any atom is 0.0710 e. The van der Waals surface area contributed by atoms with Crippen LogP contribution in [0.25, 0.3) is 0 Å². The maximum atomic E-state index is 9.99. The minimum absolute atomic E-state index is 0.0272. The second-order valence-corrected chi connectivity index (χ2v) is 7.46. The Kier molecular flexibility index (Phi) is 3.13. The lowest BCUT2D eigenvalue weighted by Crippen LogP contribution is -2.34. The number of hydrogen-bond acceptors (Lipinski definition) is 3. The second kappa shape index (κ2) is 4.71. The molecule has 2 aliphatic carbocycles. The summed E-state index contributed by atoms with van der Waals surface area (Å²) in [6, 6.07) is 0. The van der Waals surface area contributed by atoms with Crippen molar-refractivity contribution in [2.75, 3.05) is 19.6 Å². The molecule has 0 aromatic heterocycles. The third-order valence-electron chi connectivity index (χ3n) is 6.21. The van der Waals surface area contributed by atoms with Crippen LogP contribution < -0.4 is 0 Å². The van der Waals surface area contributed by atoms with Crippen molar-refractivity contribution in [3.63, 3.8) is 0 Å². The molecule has 3 nitrogen and oxygen atoms in total. The smallest absolute Gasteiger partial charge is 0.0710 e. The predicted octanol–water partition coefficient (Wildman–Crippen LogP) is 2.18. The zero-order valence-corrected chi connectivity index (χ0v) is 11.9. The van der Waals surface area contributed by atoms with Gasteiger partial charge in [-0.15, -0.1) is 0 Å². The van der Waals surface area contributed by atoms with Gasteiger partial charge in [0, 0.05) is 25.6 Å². The molecule has 2 heterocycles. The van der Waals surface area contributed by atoms with Gasteiger partial charge in [-0.1, -0.05) is 12.8 Å². The van der Waals surface area contributed by atoms with E-state index in [4.69, 9.17) is 4.74 Å². The molecule has 4 atom stereocenters. The lowest BCUT2D eigenvalue weighted by atomic mass is 9.98. The van der Waals surface area contributed by atoms with Crippen molar-refractivity contribution in [1.82, 2.24) is 4.90 Å². The van der Waals surface area contributed by atoms with E-state index in [0.717, 1.165) is 25.4 Å². The molecule has 2 saturated carbocycles.